The maximum atomic E-state index is 12.0. The minimum absolute atomic E-state index is 0.122. The molecule has 0 aliphatic rings. The summed E-state index contributed by atoms with van der Waals surface area (Å²) < 4.78 is 5.26. The number of rotatable bonds is 6. The SMILES string of the molecule is COc1ccccc1CCC(=O)Nc1cnccc1CO. The van der Waals surface area contributed by atoms with Crippen LogP contribution in [0.1, 0.15) is 17.5 Å². The van der Waals surface area contributed by atoms with Crippen LogP contribution in [0.25, 0.3) is 0 Å². The molecule has 0 bridgehead atoms. The summed E-state index contributed by atoms with van der Waals surface area (Å²) in [5.41, 5.74) is 2.18. The van der Waals surface area contributed by atoms with Crippen LogP contribution in [0.15, 0.2) is 42.7 Å². The molecule has 0 saturated heterocycles. The molecule has 0 spiro atoms. The highest BCUT2D eigenvalue weighted by Crippen LogP contribution is 2.19. The number of amides is 1. The summed E-state index contributed by atoms with van der Waals surface area (Å²) in [6.45, 7) is -0.134. The van der Waals surface area contributed by atoms with Crippen LogP contribution < -0.4 is 10.1 Å². The fourth-order valence-corrected chi connectivity index (χ4v) is 2.04. The number of carbonyl (C=O) groups excluding carboxylic acids is 1. The number of nitrogens with zero attached hydrogens (tertiary/aromatic N) is 1. The number of hydrogen-bond acceptors (Lipinski definition) is 4. The average Bonchev–Trinajstić information content (AvgIpc) is 2.53. The molecule has 110 valence electrons. The molecule has 2 aromatic rings. The van der Waals surface area contributed by atoms with Crippen molar-refractivity contribution in [3.05, 3.63) is 53.9 Å². The van der Waals surface area contributed by atoms with Crippen molar-refractivity contribution in [1.82, 2.24) is 4.98 Å². The van der Waals surface area contributed by atoms with Crippen LogP contribution in [0.3, 0.4) is 0 Å². The van der Waals surface area contributed by atoms with Gasteiger partial charge in [0, 0.05) is 18.2 Å². The highest BCUT2D eigenvalue weighted by molar-refractivity contribution is 5.91. The Balaban J connectivity index is 1.96. The van der Waals surface area contributed by atoms with Crippen LogP contribution in [-0.4, -0.2) is 23.1 Å². The third-order valence-electron chi connectivity index (χ3n) is 3.17. The van der Waals surface area contributed by atoms with Crippen molar-refractivity contribution in [2.75, 3.05) is 12.4 Å². The summed E-state index contributed by atoms with van der Waals surface area (Å²) in [6, 6.07) is 9.30. The molecule has 1 heterocycles. The second-order valence-corrected chi connectivity index (χ2v) is 4.55. The molecule has 2 N–H and O–H groups in total. The molecule has 5 nitrogen and oxygen atoms in total. The molecule has 0 atom stereocenters. The summed E-state index contributed by atoms with van der Waals surface area (Å²) in [5.74, 6) is 0.659. The molecule has 1 amide bonds. The van der Waals surface area contributed by atoms with E-state index in [0.29, 0.717) is 24.1 Å². The average molecular weight is 286 g/mol. The number of ether oxygens (including phenoxy) is 1. The molecule has 5 heteroatoms. The Morgan fingerprint density at radius 1 is 1.29 bits per heavy atom. The maximum Gasteiger partial charge on any atom is 0.224 e. The van der Waals surface area contributed by atoms with Gasteiger partial charge in [-0.2, -0.15) is 0 Å². The zero-order valence-corrected chi connectivity index (χ0v) is 11.9. The number of benzene rings is 1. The van der Waals surface area contributed by atoms with E-state index in [4.69, 9.17) is 4.74 Å². The smallest absolute Gasteiger partial charge is 0.224 e. The predicted molar refractivity (Wildman–Crippen MR) is 80.1 cm³/mol. The van der Waals surface area contributed by atoms with E-state index in [9.17, 15) is 9.90 Å². The van der Waals surface area contributed by atoms with Crippen LogP contribution in [0.2, 0.25) is 0 Å². The first kappa shape index (κ1) is 15.0. The zero-order chi connectivity index (χ0) is 15.1. The number of nitrogens with one attached hydrogen (secondary N) is 1. The maximum absolute atomic E-state index is 12.0. The number of pyridine rings is 1. The van der Waals surface area contributed by atoms with Crippen LogP contribution in [0.4, 0.5) is 5.69 Å². The first-order valence-electron chi connectivity index (χ1n) is 6.70. The summed E-state index contributed by atoms with van der Waals surface area (Å²) in [4.78, 5) is 15.9. The van der Waals surface area contributed by atoms with Gasteiger partial charge in [0.2, 0.25) is 5.91 Å². The summed E-state index contributed by atoms with van der Waals surface area (Å²) in [7, 11) is 1.61. The number of aromatic nitrogens is 1. The third-order valence-corrected chi connectivity index (χ3v) is 3.17. The minimum Gasteiger partial charge on any atom is -0.496 e. The number of carbonyl (C=O) groups is 1. The van der Waals surface area contributed by atoms with Gasteiger partial charge in [0.05, 0.1) is 25.6 Å². The van der Waals surface area contributed by atoms with Crippen LogP contribution >= 0.6 is 0 Å². The molecule has 1 aromatic carbocycles. The third kappa shape index (κ3) is 4.03. The van der Waals surface area contributed by atoms with Crippen molar-refractivity contribution in [2.45, 2.75) is 19.4 Å². The fourth-order valence-electron chi connectivity index (χ4n) is 2.04. The number of aliphatic hydroxyl groups is 1. The molecule has 0 fully saturated rings. The Hall–Kier alpha value is -2.40. The number of aliphatic hydroxyl groups excluding tert-OH is 1. The van der Waals surface area contributed by atoms with Crippen molar-refractivity contribution < 1.29 is 14.6 Å². The predicted octanol–water partition coefficient (Wildman–Crippen LogP) is 2.15. The first-order chi connectivity index (χ1) is 10.2. The lowest BCUT2D eigenvalue weighted by Gasteiger charge is -2.10. The van der Waals surface area contributed by atoms with Crippen LogP contribution in [0, 0.1) is 0 Å². The minimum atomic E-state index is -0.134. The quantitative estimate of drug-likeness (QED) is 0.853. The molecule has 0 aliphatic heterocycles. The van der Waals surface area contributed by atoms with Gasteiger partial charge in [-0.3, -0.25) is 9.78 Å². The summed E-state index contributed by atoms with van der Waals surface area (Å²) >= 11 is 0. The molecule has 0 aliphatic carbocycles. The Morgan fingerprint density at radius 2 is 2.10 bits per heavy atom. The van der Waals surface area contributed by atoms with E-state index >= 15 is 0 Å². The van der Waals surface area contributed by atoms with E-state index in [2.05, 4.69) is 10.3 Å². The van der Waals surface area contributed by atoms with E-state index in [1.54, 1.807) is 19.4 Å². The Labute approximate surface area is 123 Å². The summed E-state index contributed by atoms with van der Waals surface area (Å²) in [6.07, 6.45) is 4.04. The Morgan fingerprint density at radius 3 is 2.86 bits per heavy atom. The highest BCUT2D eigenvalue weighted by Gasteiger charge is 2.08. The highest BCUT2D eigenvalue weighted by atomic mass is 16.5. The Kier molecular flexibility index (Phi) is 5.29. The number of anilines is 1. The number of methoxy groups -OCH3 is 1. The van der Waals surface area contributed by atoms with E-state index in [0.717, 1.165) is 11.3 Å². The molecule has 1 aromatic heterocycles. The first-order valence-corrected chi connectivity index (χ1v) is 6.70. The van der Waals surface area contributed by atoms with E-state index in [1.165, 1.54) is 6.20 Å². The van der Waals surface area contributed by atoms with Crippen molar-refractivity contribution in [1.29, 1.82) is 0 Å². The van der Waals surface area contributed by atoms with Gasteiger partial charge in [-0.15, -0.1) is 0 Å². The van der Waals surface area contributed by atoms with Crippen molar-refractivity contribution in [3.63, 3.8) is 0 Å². The van der Waals surface area contributed by atoms with Gasteiger partial charge in [0.1, 0.15) is 5.75 Å². The van der Waals surface area contributed by atoms with Crippen molar-refractivity contribution in [3.8, 4) is 5.75 Å². The lowest BCUT2D eigenvalue weighted by molar-refractivity contribution is -0.116. The number of aryl methyl sites for hydroxylation is 1. The normalized spacial score (nSPS) is 10.2. The Bertz CT molecular complexity index is 614. The van der Waals surface area contributed by atoms with E-state index in [1.807, 2.05) is 24.3 Å². The lowest BCUT2D eigenvalue weighted by Crippen LogP contribution is -2.14. The topological polar surface area (TPSA) is 71.5 Å². The molecule has 0 saturated carbocycles. The van der Waals surface area contributed by atoms with Crippen LogP contribution in [-0.2, 0) is 17.8 Å². The van der Waals surface area contributed by atoms with Gasteiger partial charge in [0.15, 0.2) is 0 Å². The van der Waals surface area contributed by atoms with Gasteiger partial charge in [-0.05, 0) is 24.1 Å². The molecule has 2 rings (SSSR count). The van der Waals surface area contributed by atoms with Gasteiger partial charge in [-0.1, -0.05) is 18.2 Å². The second-order valence-electron chi connectivity index (χ2n) is 4.55. The molecular weight excluding hydrogens is 268 g/mol. The monoisotopic (exact) mass is 286 g/mol. The lowest BCUT2D eigenvalue weighted by atomic mass is 10.1. The van der Waals surface area contributed by atoms with E-state index < -0.39 is 0 Å². The molecule has 0 radical (unpaired) electrons. The second kappa shape index (κ2) is 7.40. The van der Waals surface area contributed by atoms with E-state index in [-0.39, 0.29) is 12.5 Å². The largest absolute Gasteiger partial charge is 0.496 e. The van der Waals surface area contributed by atoms with Gasteiger partial charge >= 0.3 is 0 Å². The van der Waals surface area contributed by atoms with Crippen molar-refractivity contribution >= 4 is 11.6 Å². The number of hydrogen-bond donors (Lipinski definition) is 2. The van der Waals surface area contributed by atoms with Gasteiger partial charge in [-0.25, -0.2) is 0 Å². The molecule has 21 heavy (non-hydrogen) atoms. The number of para-hydroxylation sites is 1. The zero-order valence-electron chi connectivity index (χ0n) is 11.9. The summed E-state index contributed by atoms with van der Waals surface area (Å²) in [5, 5.41) is 12.0. The standard InChI is InChI=1S/C16H18N2O3/c1-21-15-5-3-2-4-12(15)6-7-16(20)18-14-10-17-9-8-13(14)11-19/h2-5,8-10,19H,6-7,11H2,1H3,(H,18,20). The van der Waals surface area contributed by atoms with Crippen LogP contribution in [0.5, 0.6) is 5.75 Å². The van der Waals surface area contributed by atoms with Crippen molar-refractivity contribution in [2.24, 2.45) is 0 Å². The van der Waals surface area contributed by atoms with Gasteiger partial charge in [0.25, 0.3) is 0 Å². The molecule has 0 unspecified atom stereocenters. The fraction of sp³-hybridized carbons (Fsp3) is 0.250. The molecular formula is C16H18N2O3. The van der Waals surface area contributed by atoms with Gasteiger partial charge < -0.3 is 15.2 Å².